The van der Waals surface area contributed by atoms with Crippen molar-refractivity contribution in [1.29, 1.82) is 0 Å². The van der Waals surface area contributed by atoms with Crippen molar-refractivity contribution in [2.45, 2.75) is 0 Å². The highest BCUT2D eigenvalue weighted by atomic mass is 16.6. The number of nitro benzene ring substituents is 1. The van der Waals surface area contributed by atoms with Crippen molar-refractivity contribution in [3.63, 3.8) is 0 Å². The molecule has 1 aliphatic rings. The number of nitrogens with zero attached hydrogens (tertiary/aromatic N) is 1. The first-order chi connectivity index (χ1) is 13.4. The second-order valence-electron chi connectivity index (χ2n) is 6.18. The number of anilines is 2. The van der Waals surface area contributed by atoms with Crippen LogP contribution in [0.5, 0.6) is 11.5 Å². The zero-order valence-corrected chi connectivity index (χ0v) is 14.2. The summed E-state index contributed by atoms with van der Waals surface area (Å²) in [6, 6.07) is 13.4. The van der Waals surface area contributed by atoms with E-state index in [4.69, 9.17) is 0 Å². The number of benzene rings is 3. The third-order valence-electron chi connectivity index (χ3n) is 4.46. The normalized spacial score (nSPS) is 12.3. The van der Waals surface area contributed by atoms with Gasteiger partial charge < -0.3 is 15.5 Å². The number of fused-ring (bicyclic) bond motifs is 2. The second-order valence-corrected chi connectivity index (χ2v) is 6.18. The van der Waals surface area contributed by atoms with E-state index in [0.717, 1.165) is 18.2 Å². The van der Waals surface area contributed by atoms with Gasteiger partial charge in [0.15, 0.2) is 5.78 Å². The third-order valence-corrected chi connectivity index (χ3v) is 4.46. The number of phenols is 2. The van der Waals surface area contributed by atoms with Gasteiger partial charge in [-0.2, -0.15) is 0 Å². The highest BCUT2D eigenvalue weighted by molar-refractivity contribution is 6.31. The highest BCUT2D eigenvalue weighted by Gasteiger charge is 2.39. The molecule has 0 saturated heterocycles. The third kappa shape index (κ3) is 2.55. The molecule has 3 aromatic rings. The van der Waals surface area contributed by atoms with Gasteiger partial charge in [0.05, 0.1) is 16.1 Å². The molecule has 0 bridgehead atoms. The van der Waals surface area contributed by atoms with Gasteiger partial charge in [0, 0.05) is 23.0 Å². The number of nitrogens with one attached hydrogen (secondary N) is 1. The standard InChI is InChI=1S/C20H12N2O6/c23-14-6-7-15(24)18-17(14)19(25)12-8-11(21-10-4-2-1-3-5-10)9-13(22(27)28)16(12)20(18)26/h1-9,21,23-24H. The molecule has 0 atom stereocenters. The molecule has 3 N–H and O–H groups in total. The Morgan fingerprint density at radius 3 is 2.00 bits per heavy atom. The molecule has 28 heavy (non-hydrogen) atoms. The number of hydrogen-bond acceptors (Lipinski definition) is 7. The lowest BCUT2D eigenvalue weighted by Gasteiger charge is -2.20. The summed E-state index contributed by atoms with van der Waals surface area (Å²) < 4.78 is 0. The van der Waals surface area contributed by atoms with Gasteiger partial charge in [0.25, 0.3) is 5.69 Å². The molecule has 0 radical (unpaired) electrons. The zero-order valence-electron chi connectivity index (χ0n) is 14.2. The quantitative estimate of drug-likeness (QED) is 0.283. The lowest BCUT2D eigenvalue weighted by Crippen LogP contribution is -2.23. The molecule has 0 aliphatic heterocycles. The molecule has 8 nitrogen and oxygen atoms in total. The topological polar surface area (TPSA) is 130 Å². The minimum atomic E-state index is -0.893. The Labute approximate surface area is 157 Å². The van der Waals surface area contributed by atoms with Crippen LogP contribution in [0.3, 0.4) is 0 Å². The van der Waals surface area contributed by atoms with Gasteiger partial charge in [-0.15, -0.1) is 0 Å². The Hall–Kier alpha value is -4.20. The van der Waals surface area contributed by atoms with Crippen LogP contribution in [-0.4, -0.2) is 26.7 Å². The van der Waals surface area contributed by atoms with E-state index in [0.29, 0.717) is 5.69 Å². The lowest BCUT2D eigenvalue weighted by molar-refractivity contribution is -0.385. The summed E-state index contributed by atoms with van der Waals surface area (Å²) in [5.41, 5.74) is -1.14. The SMILES string of the molecule is O=C1c2cc(Nc3ccccc3)cc([N+](=O)[O-])c2C(=O)c2c(O)ccc(O)c21. The number of rotatable bonds is 3. The average molecular weight is 376 g/mol. The summed E-state index contributed by atoms with van der Waals surface area (Å²) in [5.74, 6) is -2.69. The van der Waals surface area contributed by atoms with Crippen molar-refractivity contribution in [3.8, 4) is 11.5 Å². The molecule has 8 heteroatoms. The molecule has 138 valence electrons. The number of carbonyl (C=O) groups excluding carboxylic acids is 2. The maximum atomic E-state index is 12.9. The Balaban J connectivity index is 1.95. The van der Waals surface area contributed by atoms with E-state index in [2.05, 4.69) is 5.32 Å². The summed E-state index contributed by atoms with van der Waals surface area (Å²) in [6.45, 7) is 0. The van der Waals surface area contributed by atoms with Crippen molar-refractivity contribution in [2.24, 2.45) is 0 Å². The van der Waals surface area contributed by atoms with Gasteiger partial charge in [0.2, 0.25) is 5.78 Å². The number of hydrogen-bond donors (Lipinski definition) is 3. The molecular formula is C20H12N2O6. The predicted octanol–water partition coefficient (Wildman–Crippen LogP) is 3.53. The largest absolute Gasteiger partial charge is 0.507 e. The van der Waals surface area contributed by atoms with Gasteiger partial charge in [-0.25, -0.2) is 0 Å². The van der Waals surface area contributed by atoms with Crippen LogP contribution in [0, 0.1) is 10.1 Å². The average Bonchev–Trinajstić information content (AvgIpc) is 2.68. The van der Waals surface area contributed by atoms with Gasteiger partial charge >= 0.3 is 0 Å². The molecule has 4 rings (SSSR count). The van der Waals surface area contributed by atoms with E-state index >= 15 is 0 Å². The lowest BCUT2D eigenvalue weighted by atomic mass is 9.82. The number of carbonyl (C=O) groups is 2. The van der Waals surface area contributed by atoms with Gasteiger partial charge in [-0.1, -0.05) is 18.2 Å². The summed E-state index contributed by atoms with van der Waals surface area (Å²) in [5, 5.41) is 34.6. The van der Waals surface area contributed by atoms with Crippen LogP contribution < -0.4 is 5.32 Å². The van der Waals surface area contributed by atoms with Crippen molar-refractivity contribution in [2.75, 3.05) is 5.32 Å². The molecule has 0 unspecified atom stereocenters. The van der Waals surface area contributed by atoms with Crippen LogP contribution in [0.4, 0.5) is 17.1 Å². The zero-order chi connectivity index (χ0) is 20.0. The van der Waals surface area contributed by atoms with Crippen molar-refractivity contribution in [1.82, 2.24) is 0 Å². The first-order valence-corrected chi connectivity index (χ1v) is 8.17. The van der Waals surface area contributed by atoms with E-state index in [1.807, 2.05) is 0 Å². The van der Waals surface area contributed by atoms with Gasteiger partial charge in [-0.3, -0.25) is 19.7 Å². The van der Waals surface area contributed by atoms with Crippen LogP contribution in [0.25, 0.3) is 0 Å². The van der Waals surface area contributed by atoms with E-state index in [-0.39, 0.29) is 16.8 Å². The first-order valence-electron chi connectivity index (χ1n) is 8.17. The fraction of sp³-hybridized carbons (Fsp3) is 0. The van der Waals surface area contributed by atoms with Crippen LogP contribution in [-0.2, 0) is 0 Å². The van der Waals surface area contributed by atoms with E-state index < -0.39 is 44.8 Å². The van der Waals surface area contributed by atoms with Gasteiger partial charge in [-0.05, 0) is 30.3 Å². The van der Waals surface area contributed by atoms with Crippen molar-refractivity contribution >= 4 is 28.6 Å². The van der Waals surface area contributed by atoms with Crippen molar-refractivity contribution in [3.05, 3.63) is 87.0 Å². The minimum absolute atomic E-state index is 0.217. The molecule has 0 saturated carbocycles. The molecule has 3 aromatic carbocycles. The molecule has 0 heterocycles. The van der Waals surface area contributed by atoms with E-state index in [1.54, 1.807) is 30.3 Å². The van der Waals surface area contributed by atoms with Gasteiger partial charge in [0.1, 0.15) is 17.1 Å². The summed E-state index contributed by atoms with van der Waals surface area (Å²) in [7, 11) is 0. The number of aromatic hydroxyl groups is 2. The van der Waals surface area contributed by atoms with E-state index in [9.17, 15) is 29.9 Å². The fourth-order valence-electron chi connectivity index (χ4n) is 3.25. The van der Waals surface area contributed by atoms with Crippen LogP contribution in [0.15, 0.2) is 54.6 Å². The minimum Gasteiger partial charge on any atom is -0.507 e. The molecule has 1 aliphatic carbocycles. The maximum Gasteiger partial charge on any atom is 0.283 e. The summed E-state index contributed by atoms with van der Waals surface area (Å²) in [4.78, 5) is 36.6. The molecule has 0 spiro atoms. The van der Waals surface area contributed by atoms with Crippen LogP contribution in [0.2, 0.25) is 0 Å². The predicted molar refractivity (Wildman–Crippen MR) is 99.5 cm³/mol. The molecular weight excluding hydrogens is 364 g/mol. The number of phenolic OH excluding ortho intramolecular Hbond substituents is 2. The smallest absolute Gasteiger partial charge is 0.283 e. The van der Waals surface area contributed by atoms with Crippen LogP contribution in [0.1, 0.15) is 31.8 Å². The Morgan fingerprint density at radius 1 is 0.786 bits per heavy atom. The molecule has 0 amide bonds. The van der Waals surface area contributed by atoms with E-state index in [1.165, 1.54) is 6.07 Å². The highest BCUT2D eigenvalue weighted by Crippen LogP contribution is 2.41. The Bertz CT molecular complexity index is 1170. The monoisotopic (exact) mass is 376 g/mol. The molecule has 0 fully saturated rings. The van der Waals surface area contributed by atoms with Crippen LogP contribution >= 0.6 is 0 Å². The number of para-hydroxylation sites is 1. The number of nitro groups is 1. The summed E-state index contributed by atoms with van der Waals surface area (Å²) >= 11 is 0. The number of ketones is 2. The molecule has 0 aromatic heterocycles. The Morgan fingerprint density at radius 2 is 1.39 bits per heavy atom. The first kappa shape index (κ1) is 17.2. The Kier molecular flexibility index (Phi) is 3.82. The summed E-state index contributed by atoms with van der Waals surface area (Å²) in [6.07, 6.45) is 0. The fourth-order valence-corrected chi connectivity index (χ4v) is 3.25. The maximum absolute atomic E-state index is 12.9. The van der Waals surface area contributed by atoms with Crippen molar-refractivity contribution < 1.29 is 24.7 Å². The second kappa shape index (κ2) is 6.20.